The zero-order valence-electron chi connectivity index (χ0n) is 18.0. The zero-order chi connectivity index (χ0) is 20.0. The summed E-state index contributed by atoms with van der Waals surface area (Å²) in [6, 6.07) is 8.91. The van der Waals surface area contributed by atoms with Crippen molar-refractivity contribution in [1.82, 2.24) is 20.4 Å². The Bertz CT molecular complexity index is 553. The smallest absolute Gasteiger partial charge is 0.191 e. The first-order valence-corrected chi connectivity index (χ1v) is 10.8. The van der Waals surface area contributed by atoms with Crippen molar-refractivity contribution in [1.29, 1.82) is 0 Å². The van der Waals surface area contributed by atoms with Crippen LogP contribution in [0, 0.1) is 0 Å². The predicted octanol–water partition coefficient (Wildman–Crippen LogP) is 2.31. The van der Waals surface area contributed by atoms with Gasteiger partial charge < -0.3 is 20.3 Å². The third kappa shape index (κ3) is 9.04. The average molecular weight is 390 g/mol. The third-order valence-electron chi connectivity index (χ3n) is 5.00. The van der Waals surface area contributed by atoms with Gasteiger partial charge in [0.25, 0.3) is 0 Å². The summed E-state index contributed by atoms with van der Waals surface area (Å²) in [6.07, 6.45) is 2.17. The molecule has 6 nitrogen and oxygen atoms in total. The Labute approximate surface area is 171 Å². The molecule has 0 unspecified atom stereocenters. The van der Waals surface area contributed by atoms with Gasteiger partial charge >= 0.3 is 0 Å². The zero-order valence-corrected chi connectivity index (χ0v) is 18.0. The van der Waals surface area contributed by atoms with Gasteiger partial charge in [0.2, 0.25) is 0 Å². The number of nitrogens with one attached hydrogen (secondary N) is 2. The molecule has 0 bridgehead atoms. The van der Waals surface area contributed by atoms with E-state index < -0.39 is 0 Å². The van der Waals surface area contributed by atoms with Crippen molar-refractivity contribution in [2.45, 2.75) is 39.8 Å². The molecule has 0 saturated carbocycles. The number of aliphatic imine (C=N–C) groups is 1. The largest absolute Gasteiger partial charge is 0.382 e. The van der Waals surface area contributed by atoms with E-state index in [2.05, 4.69) is 58.7 Å². The monoisotopic (exact) mass is 389 g/mol. The lowest BCUT2D eigenvalue weighted by molar-refractivity contribution is 0.143. The molecule has 1 heterocycles. The molecule has 28 heavy (non-hydrogen) atoms. The highest BCUT2D eigenvalue weighted by atomic mass is 16.5. The van der Waals surface area contributed by atoms with Crippen LogP contribution in [0.5, 0.6) is 0 Å². The van der Waals surface area contributed by atoms with Crippen LogP contribution in [0.1, 0.15) is 37.8 Å². The van der Waals surface area contributed by atoms with E-state index in [1.807, 2.05) is 6.92 Å². The quantitative estimate of drug-likeness (QED) is 0.346. The molecule has 1 fully saturated rings. The summed E-state index contributed by atoms with van der Waals surface area (Å²) in [6.45, 7) is 13.9. The Morgan fingerprint density at radius 1 is 1.00 bits per heavy atom. The lowest BCUT2D eigenvalue weighted by atomic mass is 10.1. The first-order valence-electron chi connectivity index (χ1n) is 10.8. The normalized spacial score (nSPS) is 16.3. The van der Waals surface area contributed by atoms with Crippen molar-refractivity contribution in [3.8, 4) is 0 Å². The molecule has 0 spiro atoms. The van der Waals surface area contributed by atoms with Crippen LogP contribution in [-0.2, 0) is 17.8 Å². The Morgan fingerprint density at radius 2 is 1.71 bits per heavy atom. The lowest BCUT2D eigenvalue weighted by Gasteiger charge is -2.32. The standard InChI is InChI=1S/C22H39N5O/c1-4-23-22(24-12-6-7-17-28-5-2)25-18-20-8-10-21(11-9-20)19-27-15-13-26(3)14-16-27/h8-11H,4-7,12-19H2,1-3H3,(H2,23,24,25). The van der Waals surface area contributed by atoms with E-state index in [1.54, 1.807) is 0 Å². The number of hydrogen-bond donors (Lipinski definition) is 2. The van der Waals surface area contributed by atoms with Gasteiger partial charge in [-0.05, 0) is 44.9 Å². The van der Waals surface area contributed by atoms with Gasteiger partial charge in [-0.3, -0.25) is 4.90 Å². The van der Waals surface area contributed by atoms with Crippen LogP contribution in [0.25, 0.3) is 0 Å². The van der Waals surface area contributed by atoms with E-state index in [0.29, 0.717) is 6.54 Å². The van der Waals surface area contributed by atoms with E-state index in [0.717, 1.165) is 64.7 Å². The molecule has 1 aliphatic heterocycles. The molecule has 6 heteroatoms. The van der Waals surface area contributed by atoms with Gasteiger partial charge in [-0.25, -0.2) is 4.99 Å². The molecular weight excluding hydrogens is 350 g/mol. The van der Waals surface area contributed by atoms with Gasteiger partial charge in [0.15, 0.2) is 5.96 Å². The van der Waals surface area contributed by atoms with E-state index in [4.69, 9.17) is 9.73 Å². The summed E-state index contributed by atoms with van der Waals surface area (Å²) in [5, 5.41) is 6.73. The lowest BCUT2D eigenvalue weighted by Crippen LogP contribution is -2.43. The fraction of sp³-hybridized carbons (Fsp3) is 0.682. The highest BCUT2D eigenvalue weighted by Crippen LogP contribution is 2.10. The van der Waals surface area contributed by atoms with Crippen molar-refractivity contribution in [3.63, 3.8) is 0 Å². The van der Waals surface area contributed by atoms with Gasteiger partial charge in [0.1, 0.15) is 0 Å². The molecule has 158 valence electrons. The van der Waals surface area contributed by atoms with Crippen molar-refractivity contribution < 1.29 is 4.74 Å². The van der Waals surface area contributed by atoms with Gasteiger partial charge in [-0.1, -0.05) is 24.3 Å². The molecule has 1 aliphatic rings. The van der Waals surface area contributed by atoms with E-state index in [1.165, 1.54) is 24.2 Å². The van der Waals surface area contributed by atoms with Crippen LogP contribution in [0.3, 0.4) is 0 Å². The summed E-state index contributed by atoms with van der Waals surface area (Å²) in [4.78, 5) is 9.65. The minimum atomic E-state index is 0.697. The molecule has 0 atom stereocenters. The Hall–Kier alpha value is -1.63. The molecule has 0 amide bonds. The molecule has 1 aromatic carbocycles. The fourth-order valence-corrected chi connectivity index (χ4v) is 3.21. The van der Waals surface area contributed by atoms with E-state index in [9.17, 15) is 0 Å². The van der Waals surface area contributed by atoms with E-state index in [-0.39, 0.29) is 0 Å². The minimum Gasteiger partial charge on any atom is -0.382 e. The predicted molar refractivity (Wildman–Crippen MR) is 118 cm³/mol. The van der Waals surface area contributed by atoms with Gasteiger partial charge in [-0.2, -0.15) is 0 Å². The topological polar surface area (TPSA) is 52.1 Å². The molecule has 0 aromatic heterocycles. The van der Waals surface area contributed by atoms with Crippen LogP contribution in [0.4, 0.5) is 0 Å². The van der Waals surface area contributed by atoms with Crippen molar-refractivity contribution in [2.75, 3.05) is 59.5 Å². The minimum absolute atomic E-state index is 0.697. The Morgan fingerprint density at radius 3 is 2.39 bits per heavy atom. The highest BCUT2D eigenvalue weighted by molar-refractivity contribution is 5.79. The number of likely N-dealkylation sites (N-methyl/N-ethyl adjacent to an activating group) is 1. The molecule has 2 N–H and O–H groups in total. The summed E-state index contributed by atoms with van der Waals surface area (Å²) in [5.41, 5.74) is 2.63. The van der Waals surface area contributed by atoms with Crippen LogP contribution < -0.4 is 10.6 Å². The average Bonchev–Trinajstić information content (AvgIpc) is 2.71. The Kier molecular flexibility index (Phi) is 10.9. The maximum Gasteiger partial charge on any atom is 0.191 e. The van der Waals surface area contributed by atoms with Gasteiger partial charge in [-0.15, -0.1) is 0 Å². The number of piperazine rings is 1. The van der Waals surface area contributed by atoms with Crippen LogP contribution in [0.15, 0.2) is 29.3 Å². The van der Waals surface area contributed by atoms with Crippen LogP contribution in [-0.4, -0.2) is 75.3 Å². The second kappa shape index (κ2) is 13.5. The molecule has 0 radical (unpaired) electrons. The van der Waals surface area contributed by atoms with Gasteiger partial charge in [0.05, 0.1) is 6.54 Å². The van der Waals surface area contributed by atoms with Crippen molar-refractivity contribution in [2.24, 2.45) is 4.99 Å². The van der Waals surface area contributed by atoms with Crippen molar-refractivity contribution in [3.05, 3.63) is 35.4 Å². The molecule has 1 aromatic rings. The molecule has 2 rings (SSSR count). The number of rotatable bonds is 11. The number of unbranched alkanes of at least 4 members (excludes halogenated alkanes) is 1. The first kappa shape index (κ1) is 22.7. The second-order valence-corrected chi connectivity index (χ2v) is 7.42. The van der Waals surface area contributed by atoms with Gasteiger partial charge in [0, 0.05) is 59.0 Å². The van der Waals surface area contributed by atoms with E-state index >= 15 is 0 Å². The maximum absolute atomic E-state index is 5.38. The summed E-state index contributed by atoms with van der Waals surface area (Å²) < 4.78 is 5.38. The number of nitrogens with zero attached hydrogens (tertiary/aromatic N) is 3. The maximum atomic E-state index is 5.38. The highest BCUT2D eigenvalue weighted by Gasteiger charge is 2.13. The first-order chi connectivity index (χ1) is 13.7. The van der Waals surface area contributed by atoms with Crippen LogP contribution >= 0.6 is 0 Å². The molecular formula is C22H39N5O. The number of ether oxygens (including phenoxy) is 1. The summed E-state index contributed by atoms with van der Waals surface area (Å²) in [7, 11) is 2.20. The summed E-state index contributed by atoms with van der Waals surface area (Å²) >= 11 is 0. The second-order valence-electron chi connectivity index (χ2n) is 7.42. The summed E-state index contributed by atoms with van der Waals surface area (Å²) in [5.74, 6) is 0.889. The van der Waals surface area contributed by atoms with Crippen molar-refractivity contribution >= 4 is 5.96 Å². The Balaban J connectivity index is 1.75. The third-order valence-corrected chi connectivity index (χ3v) is 5.00. The van der Waals surface area contributed by atoms with Crippen LogP contribution in [0.2, 0.25) is 0 Å². The molecule has 0 aliphatic carbocycles. The number of hydrogen-bond acceptors (Lipinski definition) is 4. The number of guanidine groups is 1. The fourth-order valence-electron chi connectivity index (χ4n) is 3.21. The SMILES string of the molecule is CCNC(=NCc1ccc(CN2CCN(C)CC2)cc1)NCCCCOCC. The number of benzene rings is 1. The molecule has 1 saturated heterocycles.